The summed E-state index contributed by atoms with van der Waals surface area (Å²) in [4.78, 5) is 0. The van der Waals surface area contributed by atoms with E-state index in [1.165, 1.54) is 69.1 Å². The number of ether oxygens (including phenoxy) is 2. The van der Waals surface area contributed by atoms with Crippen molar-refractivity contribution >= 4 is 11.3 Å². The van der Waals surface area contributed by atoms with Crippen LogP contribution in [0.4, 0.5) is 0 Å². The second kappa shape index (κ2) is 12.2. The topological polar surface area (TPSA) is 44.2 Å². The summed E-state index contributed by atoms with van der Waals surface area (Å²) < 4.78 is 11.4. The zero-order valence-corrected chi connectivity index (χ0v) is 18.9. The maximum Gasteiger partial charge on any atom is 0.294 e. The molecular weight excluding hydrogens is 380 g/mol. The van der Waals surface area contributed by atoms with E-state index in [1.54, 1.807) is 0 Å². The molecule has 1 aliphatic rings. The molecule has 5 heteroatoms. The van der Waals surface area contributed by atoms with Crippen LogP contribution in [0.25, 0.3) is 10.6 Å². The minimum atomic E-state index is 0.677. The molecule has 4 nitrogen and oxygen atoms in total. The van der Waals surface area contributed by atoms with Crippen molar-refractivity contribution < 1.29 is 9.47 Å². The summed E-state index contributed by atoms with van der Waals surface area (Å²) in [7, 11) is 0. The van der Waals surface area contributed by atoms with E-state index < -0.39 is 0 Å². The van der Waals surface area contributed by atoms with Crippen LogP contribution in [0.15, 0.2) is 24.3 Å². The van der Waals surface area contributed by atoms with Crippen LogP contribution in [0, 0.1) is 11.8 Å². The zero-order chi connectivity index (χ0) is 20.3. The Morgan fingerprint density at radius 1 is 0.897 bits per heavy atom. The third-order valence-electron chi connectivity index (χ3n) is 6.01. The molecule has 0 spiro atoms. The molecule has 2 unspecified atom stereocenters. The first kappa shape index (κ1) is 22.1. The monoisotopic (exact) mass is 416 g/mol. The van der Waals surface area contributed by atoms with E-state index in [9.17, 15) is 0 Å². The lowest BCUT2D eigenvalue weighted by Gasteiger charge is -2.31. The van der Waals surface area contributed by atoms with Gasteiger partial charge in [-0.2, -0.15) is 0 Å². The Morgan fingerprint density at radius 2 is 1.62 bits per heavy atom. The SMILES string of the molecule is CCCCCC1CCCCC1CCCOc1nnc(-c2ccc(OCC)cc2)s1. The van der Waals surface area contributed by atoms with E-state index in [1.807, 2.05) is 31.2 Å². The van der Waals surface area contributed by atoms with Gasteiger partial charge in [0.25, 0.3) is 5.19 Å². The quantitative estimate of drug-likeness (QED) is 0.345. The van der Waals surface area contributed by atoms with Crippen LogP contribution < -0.4 is 9.47 Å². The Balaban J connectivity index is 1.41. The van der Waals surface area contributed by atoms with Crippen LogP contribution >= 0.6 is 11.3 Å². The molecule has 0 amide bonds. The fourth-order valence-electron chi connectivity index (χ4n) is 4.45. The average Bonchev–Trinajstić information content (AvgIpc) is 3.22. The summed E-state index contributed by atoms with van der Waals surface area (Å²) >= 11 is 1.52. The van der Waals surface area contributed by atoms with Crippen LogP contribution in [0.3, 0.4) is 0 Å². The van der Waals surface area contributed by atoms with Gasteiger partial charge in [0.15, 0.2) is 5.01 Å². The molecule has 0 saturated heterocycles. The first-order chi connectivity index (χ1) is 14.3. The predicted molar refractivity (Wildman–Crippen MR) is 121 cm³/mol. The normalized spacial score (nSPS) is 19.2. The number of hydrogen-bond donors (Lipinski definition) is 0. The van der Waals surface area contributed by atoms with Crippen molar-refractivity contribution in [3.63, 3.8) is 0 Å². The lowest BCUT2D eigenvalue weighted by Crippen LogP contribution is -2.20. The minimum absolute atomic E-state index is 0.677. The van der Waals surface area contributed by atoms with Gasteiger partial charge in [0.2, 0.25) is 0 Å². The van der Waals surface area contributed by atoms with Crippen molar-refractivity contribution in [1.29, 1.82) is 0 Å². The first-order valence-corrected chi connectivity index (χ1v) is 12.3. The van der Waals surface area contributed by atoms with Crippen molar-refractivity contribution in [3.8, 4) is 21.5 Å². The Kier molecular flexibility index (Phi) is 9.26. The van der Waals surface area contributed by atoms with Crippen molar-refractivity contribution in [3.05, 3.63) is 24.3 Å². The van der Waals surface area contributed by atoms with Crippen molar-refractivity contribution in [2.75, 3.05) is 13.2 Å². The standard InChI is InChI=1S/C24H36N2O2S/c1-3-5-6-10-19-11-7-8-12-20(19)13-9-18-28-24-26-25-23(29-24)21-14-16-22(17-15-21)27-4-2/h14-17,19-20H,3-13,18H2,1-2H3. The van der Waals surface area contributed by atoms with Gasteiger partial charge in [0.1, 0.15) is 5.75 Å². The lowest BCUT2D eigenvalue weighted by molar-refractivity contribution is 0.190. The molecule has 3 rings (SSSR count). The van der Waals surface area contributed by atoms with Gasteiger partial charge in [-0.3, -0.25) is 0 Å². The van der Waals surface area contributed by atoms with Crippen LogP contribution in [0.2, 0.25) is 0 Å². The Labute approximate surface area is 180 Å². The van der Waals surface area contributed by atoms with Gasteiger partial charge < -0.3 is 9.47 Å². The third kappa shape index (κ3) is 6.98. The molecule has 0 N–H and O–H groups in total. The Hall–Kier alpha value is -1.62. The van der Waals surface area contributed by atoms with Gasteiger partial charge in [-0.05, 0) is 55.9 Å². The van der Waals surface area contributed by atoms with Crippen molar-refractivity contribution in [2.45, 2.75) is 78.1 Å². The van der Waals surface area contributed by atoms with E-state index >= 15 is 0 Å². The Bertz CT molecular complexity index is 701. The summed E-state index contributed by atoms with van der Waals surface area (Å²) in [6.07, 6.45) is 13.7. The highest BCUT2D eigenvalue weighted by Crippen LogP contribution is 2.36. The number of hydrogen-bond acceptors (Lipinski definition) is 5. The molecule has 2 atom stereocenters. The molecule has 1 heterocycles. The largest absolute Gasteiger partial charge is 0.494 e. The molecule has 0 radical (unpaired) electrons. The van der Waals surface area contributed by atoms with E-state index in [0.29, 0.717) is 11.8 Å². The molecular formula is C24H36N2O2S. The molecule has 1 fully saturated rings. The number of unbranched alkanes of at least 4 members (excludes halogenated alkanes) is 2. The molecule has 1 aliphatic carbocycles. The fraction of sp³-hybridized carbons (Fsp3) is 0.667. The van der Waals surface area contributed by atoms with Gasteiger partial charge >= 0.3 is 0 Å². The highest BCUT2D eigenvalue weighted by molar-refractivity contribution is 7.16. The summed E-state index contributed by atoms with van der Waals surface area (Å²) in [6, 6.07) is 8.00. The maximum atomic E-state index is 5.92. The molecule has 1 aromatic heterocycles. The summed E-state index contributed by atoms with van der Waals surface area (Å²) in [5.74, 6) is 2.73. The molecule has 160 valence electrons. The molecule has 29 heavy (non-hydrogen) atoms. The third-order valence-corrected chi connectivity index (χ3v) is 6.89. The van der Waals surface area contributed by atoms with Crippen molar-refractivity contribution in [1.82, 2.24) is 10.2 Å². The zero-order valence-electron chi connectivity index (χ0n) is 18.1. The second-order valence-electron chi connectivity index (χ2n) is 8.12. The second-order valence-corrected chi connectivity index (χ2v) is 9.06. The van der Waals surface area contributed by atoms with E-state index in [2.05, 4.69) is 17.1 Å². The van der Waals surface area contributed by atoms with Gasteiger partial charge in [-0.15, -0.1) is 5.10 Å². The van der Waals surface area contributed by atoms with Crippen LogP contribution in [0.5, 0.6) is 10.9 Å². The van der Waals surface area contributed by atoms with Crippen LogP contribution in [-0.2, 0) is 0 Å². The first-order valence-electron chi connectivity index (χ1n) is 11.5. The molecule has 1 saturated carbocycles. The van der Waals surface area contributed by atoms with Crippen molar-refractivity contribution in [2.24, 2.45) is 11.8 Å². The highest BCUT2D eigenvalue weighted by atomic mass is 32.1. The number of rotatable bonds is 12. The van der Waals surface area contributed by atoms with Crippen LogP contribution in [-0.4, -0.2) is 23.4 Å². The lowest BCUT2D eigenvalue weighted by atomic mass is 9.74. The van der Waals surface area contributed by atoms with Gasteiger partial charge in [-0.25, -0.2) is 0 Å². The van der Waals surface area contributed by atoms with E-state index in [0.717, 1.165) is 41.2 Å². The molecule has 2 aromatic rings. The van der Waals surface area contributed by atoms with E-state index in [4.69, 9.17) is 9.47 Å². The van der Waals surface area contributed by atoms with E-state index in [-0.39, 0.29) is 0 Å². The van der Waals surface area contributed by atoms with Gasteiger partial charge in [0, 0.05) is 5.56 Å². The van der Waals surface area contributed by atoms with Crippen LogP contribution in [0.1, 0.15) is 78.1 Å². The molecule has 0 aliphatic heterocycles. The molecule has 0 bridgehead atoms. The average molecular weight is 417 g/mol. The predicted octanol–water partition coefficient (Wildman–Crippen LogP) is 7.15. The smallest absolute Gasteiger partial charge is 0.294 e. The highest BCUT2D eigenvalue weighted by Gasteiger charge is 2.24. The fourth-order valence-corrected chi connectivity index (χ4v) is 5.18. The minimum Gasteiger partial charge on any atom is -0.494 e. The maximum absolute atomic E-state index is 5.92. The number of nitrogens with zero attached hydrogens (tertiary/aromatic N) is 2. The molecule has 1 aromatic carbocycles. The number of benzene rings is 1. The number of aromatic nitrogens is 2. The Morgan fingerprint density at radius 3 is 2.31 bits per heavy atom. The van der Waals surface area contributed by atoms with Gasteiger partial charge in [-0.1, -0.05) is 74.7 Å². The summed E-state index contributed by atoms with van der Waals surface area (Å²) in [6.45, 7) is 5.71. The summed E-state index contributed by atoms with van der Waals surface area (Å²) in [5, 5.41) is 10.1. The summed E-state index contributed by atoms with van der Waals surface area (Å²) in [5.41, 5.74) is 1.05. The van der Waals surface area contributed by atoms with Gasteiger partial charge in [0.05, 0.1) is 13.2 Å².